The van der Waals surface area contributed by atoms with Gasteiger partial charge in [0.05, 0.1) is 11.9 Å². The second-order valence-corrected chi connectivity index (χ2v) is 13.0. The van der Waals surface area contributed by atoms with E-state index in [1.165, 1.54) is 10.6 Å². The Morgan fingerprint density at radius 2 is 1.56 bits per heavy atom. The van der Waals surface area contributed by atoms with Gasteiger partial charge in [-0.05, 0) is 54.7 Å². The summed E-state index contributed by atoms with van der Waals surface area (Å²) in [5.74, 6) is -0.386. The zero-order valence-electron chi connectivity index (χ0n) is 24.1. The first-order valence-electron chi connectivity index (χ1n) is 14.0. The van der Waals surface area contributed by atoms with Crippen LogP contribution in [0.5, 0.6) is 0 Å². The van der Waals surface area contributed by atoms with Crippen LogP contribution in [0.4, 0.5) is 5.69 Å². The van der Waals surface area contributed by atoms with Crippen molar-refractivity contribution in [3.63, 3.8) is 0 Å². The lowest BCUT2D eigenvalue weighted by Gasteiger charge is -2.32. The first-order chi connectivity index (χ1) is 19.6. The summed E-state index contributed by atoms with van der Waals surface area (Å²) in [6.07, 6.45) is 3.76. The molecule has 0 saturated carbocycles. The Morgan fingerprint density at radius 3 is 2.20 bits per heavy atom. The van der Waals surface area contributed by atoms with Crippen LogP contribution in [0, 0.1) is 6.92 Å². The van der Waals surface area contributed by atoms with Gasteiger partial charge in [-0.3, -0.25) is 13.9 Å². The zero-order valence-corrected chi connectivity index (χ0v) is 26.5. The van der Waals surface area contributed by atoms with Crippen LogP contribution in [-0.4, -0.2) is 50.5 Å². The van der Waals surface area contributed by atoms with Crippen LogP contribution < -0.4 is 9.62 Å². The Hall–Kier alpha value is -3.17. The van der Waals surface area contributed by atoms with E-state index in [-0.39, 0.29) is 31.3 Å². The van der Waals surface area contributed by atoms with Crippen LogP contribution in [-0.2, 0) is 32.6 Å². The summed E-state index contributed by atoms with van der Waals surface area (Å²) in [5.41, 5.74) is 3.30. The molecule has 0 aliphatic rings. The maximum atomic E-state index is 13.9. The molecule has 3 aromatic carbocycles. The number of rotatable bonds is 15. The van der Waals surface area contributed by atoms with E-state index < -0.39 is 16.1 Å². The molecule has 0 fully saturated rings. The van der Waals surface area contributed by atoms with Gasteiger partial charge >= 0.3 is 0 Å². The van der Waals surface area contributed by atoms with Gasteiger partial charge in [0, 0.05) is 36.9 Å². The number of nitrogens with one attached hydrogen (secondary N) is 1. The maximum Gasteiger partial charge on any atom is 0.243 e. The molecule has 3 aromatic rings. The molecule has 0 aliphatic heterocycles. The van der Waals surface area contributed by atoms with Crippen molar-refractivity contribution in [2.45, 2.75) is 58.5 Å². The lowest BCUT2D eigenvalue weighted by atomic mass is 10.0. The number of benzene rings is 3. The van der Waals surface area contributed by atoms with E-state index in [4.69, 9.17) is 0 Å². The predicted molar refractivity (Wildman–Crippen MR) is 169 cm³/mol. The number of aryl methyl sites for hydroxylation is 1. The third-order valence-electron chi connectivity index (χ3n) is 6.90. The van der Waals surface area contributed by atoms with Gasteiger partial charge in [0.2, 0.25) is 21.8 Å². The number of anilines is 1. The molecular weight excluding hydrogens is 602 g/mol. The molecule has 3 rings (SSSR count). The summed E-state index contributed by atoms with van der Waals surface area (Å²) in [7, 11) is -3.55. The van der Waals surface area contributed by atoms with Crippen molar-refractivity contribution in [2.75, 3.05) is 23.7 Å². The molecule has 0 spiro atoms. The topological polar surface area (TPSA) is 86.8 Å². The van der Waals surface area contributed by atoms with Gasteiger partial charge in [-0.1, -0.05) is 89.9 Å². The minimum absolute atomic E-state index is 0.0992. The van der Waals surface area contributed by atoms with Gasteiger partial charge in [-0.2, -0.15) is 0 Å². The predicted octanol–water partition coefficient (Wildman–Crippen LogP) is 5.86. The lowest BCUT2D eigenvalue weighted by Crippen LogP contribution is -2.50. The number of unbranched alkanes of at least 4 members (excludes halogenated alkanes) is 1. The summed E-state index contributed by atoms with van der Waals surface area (Å²) in [4.78, 5) is 29.1. The summed E-state index contributed by atoms with van der Waals surface area (Å²) in [5, 5.41) is 3.03. The smallest absolute Gasteiger partial charge is 0.243 e. The number of carbonyl (C=O) groups is 2. The average Bonchev–Trinajstić information content (AvgIpc) is 2.94. The fourth-order valence-corrected chi connectivity index (χ4v) is 5.96. The Morgan fingerprint density at radius 1 is 0.902 bits per heavy atom. The number of sulfonamides is 1. The highest BCUT2D eigenvalue weighted by Gasteiger charge is 2.30. The number of hydrogen-bond donors (Lipinski definition) is 1. The molecule has 1 atom stereocenters. The van der Waals surface area contributed by atoms with Crippen molar-refractivity contribution < 1.29 is 18.0 Å². The summed E-state index contributed by atoms with van der Waals surface area (Å²) >= 11 is 3.46. The standard InChI is InChI=1S/C32H40BrN3O4S/c1-4-5-21-34-32(38)30(23-26-13-7-6-8-14-26)35(24-27-17-19-28(33)20-18-27)31(37)16-11-22-36(41(3,39)40)29-15-10-9-12-25(29)2/h6-10,12-15,17-20,30H,4-5,11,16,21-24H2,1-3H3,(H,34,38)/t30-/m1/s1. The van der Waals surface area contributed by atoms with E-state index in [1.54, 1.807) is 17.0 Å². The SMILES string of the molecule is CCCCNC(=O)[C@@H](Cc1ccccc1)N(Cc1ccc(Br)cc1)C(=O)CCCN(c1ccccc1C)S(C)(=O)=O. The number of para-hydroxylation sites is 1. The maximum absolute atomic E-state index is 13.9. The van der Waals surface area contributed by atoms with Crippen molar-refractivity contribution in [2.24, 2.45) is 0 Å². The molecule has 7 nitrogen and oxygen atoms in total. The second kappa shape index (κ2) is 15.7. The Balaban J connectivity index is 1.87. The summed E-state index contributed by atoms with van der Waals surface area (Å²) < 4.78 is 27.6. The molecule has 0 unspecified atom stereocenters. The van der Waals surface area contributed by atoms with Crippen LogP contribution in [0.25, 0.3) is 0 Å². The van der Waals surface area contributed by atoms with Gasteiger partial charge < -0.3 is 10.2 Å². The van der Waals surface area contributed by atoms with E-state index in [0.717, 1.165) is 34.0 Å². The van der Waals surface area contributed by atoms with Crippen LogP contribution in [0.1, 0.15) is 49.3 Å². The van der Waals surface area contributed by atoms with Gasteiger partial charge in [-0.25, -0.2) is 8.42 Å². The molecular formula is C32H40BrN3O4S. The molecule has 0 heterocycles. The highest BCUT2D eigenvalue weighted by atomic mass is 79.9. The molecule has 220 valence electrons. The van der Waals surface area contributed by atoms with Crippen molar-refractivity contribution >= 4 is 43.5 Å². The van der Waals surface area contributed by atoms with E-state index in [2.05, 4.69) is 28.2 Å². The first kappa shape index (κ1) is 32.3. The molecule has 0 radical (unpaired) electrons. The van der Waals surface area contributed by atoms with Crippen LogP contribution >= 0.6 is 15.9 Å². The van der Waals surface area contributed by atoms with Crippen LogP contribution in [0.3, 0.4) is 0 Å². The third kappa shape index (κ3) is 10.0. The number of nitrogens with zero attached hydrogens (tertiary/aromatic N) is 2. The van der Waals surface area contributed by atoms with E-state index in [9.17, 15) is 18.0 Å². The van der Waals surface area contributed by atoms with E-state index >= 15 is 0 Å². The largest absolute Gasteiger partial charge is 0.354 e. The second-order valence-electron chi connectivity index (χ2n) is 10.2. The van der Waals surface area contributed by atoms with Gasteiger partial charge in [0.1, 0.15) is 6.04 Å². The Kier molecular flexibility index (Phi) is 12.4. The zero-order chi connectivity index (χ0) is 29.8. The van der Waals surface area contributed by atoms with Gasteiger partial charge in [-0.15, -0.1) is 0 Å². The van der Waals surface area contributed by atoms with Crippen molar-refractivity contribution in [3.05, 3.63) is 100 Å². The number of amides is 2. The quantitative estimate of drug-likeness (QED) is 0.211. The fraction of sp³-hybridized carbons (Fsp3) is 0.375. The third-order valence-corrected chi connectivity index (χ3v) is 8.61. The van der Waals surface area contributed by atoms with Gasteiger partial charge in [0.15, 0.2) is 0 Å². The normalized spacial score (nSPS) is 12.0. The highest BCUT2D eigenvalue weighted by Crippen LogP contribution is 2.23. The lowest BCUT2D eigenvalue weighted by molar-refractivity contribution is -0.141. The van der Waals surface area contributed by atoms with E-state index in [1.807, 2.05) is 73.7 Å². The average molecular weight is 643 g/mol. The highest BCUT2D eigenvalue weighted by molar-refractivity contribution is 9.10. The van der Waals surface area contributed by atoms with Gasteiger partial charge in [0.25, 0.3) is 0 Å². The fourth-order valence-electron chi connectivity index (χ4n) is 4.67. The Labute approximate surface area is 253 Å². The molecule has 0 aromatic heterocycles. The minimum Gasteiger partial charge on any atom is -0.354 e. The minimum atomic E-state index is -3.55. The molecule has 1 N–H and O–H groups in total. The van der Waals surface area contributed by atoms with Crippen molar-refractivity contribution in [3.8, 4) is 0 Å². The van der Waals surface area contributed by atoms with Crippen molar-refractivity contribution in [1.29, 1.82) is 0 Å². The molecule has 2 amide bonds. The monoisotopic (exact) mass is 641 g/mol. The molecule has 0 saturated heterocycles. The number of carbonyl (C=O) groups excluding carboxylic acids is 2. The van der Waals surface area contributed by atoms with E-state index in [0.29, 0.717) is 25.1 Å². The molecule has 41 heavy (non-hydrogen) atoms. The molecule has 9 heteroatoms. The molecule has 0 bridgehead atoms. The van der Waals surface area contributed by atoms with Crippen LogP contribution in [0.2, 0.25) is 0 Å². The first-order valence-corrected chi connectivity index (χ1v) is 16.6. The van der Waals surface area contributed by atoms with Crippen LogP contribution in [0.15, 0.2) is 83.3 Å². The van der Waals surface area contributed by atoms with Crippen molar-refractivity contribution in [1.82, 2.24) is 10.2 Å². The number of hydrogen-bond acceptors (Lipinski definition) is 4. The number of halogens is 1. The summed E-state index contributed by atoms with van der Waals surface area (Å²) in [6.45, 7) is 4.89. The summed E-state index contributed by atoms with van der Waals surface area (Å²) in [6, 6.07) is 24.0. The molecule has 0 aliphatic carbocycles. The Bertz CT molecular complexity index is 1380.